The largest absolute Gasteiger partial charge is 0.345 e. The summed E-state index contributed by atoms with van der Waals surface area (Å²) in [5.74, 6) is 1.04. The van der Waals surface area contributed by atoms with E-state index >= 15 is 0 Å². The number of rotatable bonds is 5. The molecule has 0 aromatic heterocycles. The van der Waals surface area contributed by atoms with Gasteiger partial charge in [-0.1, -0.05) is 6.42 Å². The summed E-state index contributed by atoms with van der Waals surface area (Å²) in [7, 11) is 4.14. The molecule has 2 aliphatic rings. The molecule has 1 saturated carbocycles. The number of piperidine rings is 1. The number of carbonyl (C=O) groups excluding carboxylic acids is 1. The predicted octanol–water partition coefficient (Wildman–Crippen LogP) is 1.31. The SMILES string of the molecule is CN1CCCC(CCN(C)C(=O)C2(CN)CCC2)C1. The van der Waals surface area contributed by atoms with E-state index in [1.165, 1.54) is 25.9 Å². The van der Waals surface area contributed by atoms with Crippen molar-refractivity contribution in [3.8, 4) is 0 Å². The molecule has 1 amide bonds. The van der Waals surface area contributed by atoms with E-state index in [1.54, 1.807) is 0 Å². The predicted molar refractivity (Wildman–Crippen MR) is 77.8 cm³/mol. The zero-order valence-electron chi connectivity index (χ0n) is 12.5. The van der Waals surface area contributed by atoms with Crippen molar-refractivity contribution in [3.05, 3.63) is 0 Å². The molecule has 1 unspecified atom stereocenters. The second kappa shape index (κ2) is 6.23. The first kappa shape index (κ1) is 14.8. The number of likely N-dealkylation sites (tertiary alicyclic amines) is 1. The summed E-state index contributed by atoms with van der Waals surface area (Å²) < 4.78 is 0. The molecule has 1 heterocycles. The van der Waals surface area contributed by atoms with Gasteiger partial charge in [0.2, 0.25) is 5.91 Å². The summed E-state index contributed by atoms with van der Waals surface area (Å²) in [5.41, 5.74) is 5.60. The average Bonchev–Trinajstić information content (AvgIpc) is 2.35. The maximum absolute atomic E-state index is 12.5. The summed E-state index contributed by atoms with van der Waals surface area (Å²) in [6.07, 6.45) is 6.87. The maximum atomic E-state index is 12.5. The monoisotopic (exact) mass is 267 g/mol. The van der Waals surface area contributed by atoms with Crippen LogP contribution in [0.3, 0.4) is 0 Å². The molecule has 0 radical (unpaired) electrons. The van der Waals surface area contributed by atoms with E-state index in [9.17, 15) is 4.79 Å². The van der Waals surface area contributed by atoms with E-state index < -0.39 is 0 Å². The van der Waals surface area contributed by atoms with E-state index in [4.69, 9.17) is 5.73 Å². The fourth-order valence-corrected chi connectivity index (χ4v) is 3.50. The molecule has 0 bridgehead atoms. The highest BCUT2D eigenvalue weighted by Crippen LogP contribution is 2.41. The summed E-state index contributed by atoms with van der Waals surface area (Å²) in [4.78, 5) is 16.8. The summed E-state index contributed by atoms with van der Waals surface area (Å²) in [5, 5.41) is 0. The van der Waals surface area contributed by atoms with Crippen LogP contribution in [0, 0.1) is 11.3 Å². The van der Waals surface area contributed by atoms with Gasteiger partial charge < -0.3 is 15.5 Å². The Morgan fingerprint density at radius 1 is 1.42 bits per heavy atom. The molecule has 2 rings (SSSR count). The molecular weight excluding hydrogens is 238 g/mol. The third-order valence-electron chi connectivity index (χ3n) is 5.10. The highest BCUT2D eigenvalue weighted by atomic mass is 16.2. The van der Waals surface area contributed by atoms with Crippen molar-refractivity contribution < 1.29 is 4.79 Å². The third kappa shape index (κ3) is 3.29. The molecule has 4 heteroatoms. The molecule has 1 saturated heterocycles. The Labute approximate surface area is 117 Å². The molecule has 1 aliphatic carbocycles. The summed E-state index contributed by atoms with van der Waals surface area (Å²) in [6.45, 7) is 3.81. The molecule has 4 nitrogen and oxygen atoms in total. The highest BCUT2D eigenvalue weighted by Gasteiger charge is 2.44. The minimum Gasteiger partial charge on any atom is -0.345 e. The van der Waals surface area contributed by atoms with Crippen LogP contribution in [0.5, 0.6) is 0 Å². The van der Waals surface area contributed by atoms with Crippen LogP contribution in [0.1, 0.15) is 38.5 Å². The zero-order chi connectivity index (χ0) is 13.9. The molecule has 2 fully saturated rings. The van der Waals surface area contributed by atoms with Crippen molar-refractivity contribution in [2.24, 2.45) is 17.1 Å². The molecule has 110 valence electrons. The van der Waals surface area contributed by atoms with Gasteiger partial charge in [-0.15, -0.1) is 0 Å². The molecule has 0 aromatic carbocycles. The van der Waals surface area contributed by atoms with Gasteiger partial charge in [-0.25, -0.2) is 0 Å². The number of hydrogen-bond donors (Lipinski definition) is 1. The van der Waals surface area contributed by atoms with E-state index in [0.717, 1.165) is 38.1 Å². The first-order valence-corrected chi connectivity index (χ1v) is 7.71. The van der Waals surface area contributed by atoms with Crippen LogP contribution in [-0.2, 0) is 4.79 Å². The molecule has 1 atom stereocenters. The lowest BCUT2D eigenvalue weighted by Crippen LogP contribution is -2.51. The number of carbonyl (C=O) groups is 1. The lowest BCUT2D eigenvalue weighted by molar-refractivity contribution is -0.145. The lowest BCUT2D eigenvalue weighted by atomic mass is 9.68. The molecule has 1 aliphatic heterocycles. The lowest BCUT2D eigenvalue weighted by Gasteiger charge is -2.42. The topological polar surface area (TPSA) is 49.6 Å². The van der Waals surface area contributed by atoms with E-state index in [-0.39, 0.29) is 11.3 Å². The van der Waals surface area contributed by atoms with Crippen molar-refractivity contribution >= 4 is 5.91 Å². The Kier molecular flexibility index (Phi) is 4.85. The summed E-state index contributed by atoms with van der Waals surface area (Å²) >= 11 is 0. The number of nitrogens with two attached hydrogens (primary N) is 1. The number of amides is 1. The summed E-state index contributed by atoms with van der Waals surface area (Å²) in [6, 6.07) is 0. The fourth-order valence-electron chi connectivity index (χ4n) is 3.50. The van der Waals surface area contributed by atoms with Crippen molar-refractivity contribution in [1.82, 2.24) is 9.80 Å². The quantitative estimate of drug-likeness (QED) is 0.817. The Balaban J connectivity index is 1.77. The van der Waals surface area contributed by atoms with Crippen molar-refractivity contribution in [1.29, 1.82) is 0 Å². The second-order valence-electron chi connectivity index (χ2n) is 6.62. The minimum atomic E-state index is -0.210. The van der Waals surface area contributed by atoms with Crippen LogP contribution in [0.4, 0.5) is 0 Å². The van der Waals surface area contributed by atoms with Crippen LogP contribution in [-0.4, -0.2) is 56.0 Å². The van der Waals surface area contributed by atoms with Gasteiger partial charge in [0.15, 0.2) is 0 Å². The van der Waals surface area contributed by atoms with Gasteiger partial charge in [-0.05, 0) is 51.6 Å². The first-order chi connectivity index (χ1) is 9.07. The van der Waals surface area contributed by atoms with Crippen LogP contribution in [0.2, 0.25) is 0 Å². The smallest absolute Gasteiger partial charge is 0.229 e. The van der Waals surface area contributed by atoms with Gasteiger partial charge in [0.1, 0.15) is 0 Å². The van der Waals surface area contributed by atoms with Gasteiger partial charge in [-0.2, -0.15) is 0 Å². The normalized spacial score (nSPS) is 26.8. The van der Waals surface area contributed by atoms with E-state index in [0.29, 0.717) is 6.54 Å². The van der Waals surface area contributed by atoms with Gasteiger partial charge in [0.05, 0.1) is 5.41 Å². The maximum Gasteiger partial charge on any atom is 0.229 e. The van der Waals surface area contributed by atoms with Crippen LogP contribution < -0.4 is 5.73 Å². The van der Waals surface area contributed by atoms with Crippen molar-refractivity contribution in [2.45, 2.75) is 38.5 Å². The van der Waals surface area contributed by atoms with Gasteiger partial charge >= 0.3 is 0 Å². The fraction of sp³-hybridized carbons (Fsp3) is 0.933. The number of hydrogen-bond acceptors (Lipinski definition) is 3. The Hall–Kier alpha value is -0.610. The molecule has 19 heavy (non-hydrogen) atoms. The zero-order valence-corrected chi connectivity index (χ0v) is 12.5. The van der Waals surface area contributed by atoms with Crippen molar-refractivity contribution in [3.63, 3.8) is 0 Å². The second-order valence-corrected chi connectivity index (χ2v) is 6.62. The van der Waals surface area contributed by atoms with Gasteiger partial charge in [0.25, 0.3) is 0 Å². The van der Waals surface area contributed by atoms with Gasteiger partial charge in [0, 0.05) is 26.7 Å². The third-order valence-corrected chi connectivity index (χ3v) is 5.10. The molecule has 0 spiro atoms. The first-order valence-electron chi connectivity index (χ1n) is 7.71. The number of nitrogens with zero attached hydrogens (tertiary/aromatic N) is 2. The van der Waals surface area contributed by atoms with Crippen molar-refractivity contribution in [2.75, 3.05) is 40.3 Å². The van der Waals surface area contributed by atoms with E-state index in [2.05, 4.69) is 11.9 Å². The van der Waals surface area contributed by atoms with Gasteiger partial charge in [-0.3, -0.25) is 4.79 Å². The minimum absolute atomic E-state index is 0.210. The standard InChI is InChI=1S/C15H29N3O/c1-17-9-3-5-13(11-17)6-10-18(2)14(19)15(12-16)7-4-8-15/h13H,3-12,16H2,1-2H3. The van der Waals surface area contributed by atoms with E-state index in [1.807, 2.05) is 11.9 Å². The Bertz CT molecular complexity index is 309. The molecule has 0 aromatic rings. The molecule has 2 N–H and O–H groups in total. The van der Waals surface area contributed by atoms with Crippen LogP contribution >= 0.6 is 0 Å². The van der Waals surface area contributed by atoms with Crippen LogP contribution in [0.25, 0.3) is 0 Å². The average molecular weight is 267 g/mol. The molecular formula is C15H29N3O. The Morgan fingerprint density at radius 3 is 2.68 bits per heavy atom. The highest BCUT2D eigenvalue weighted by molar-refractivity contribution is 5.83. The Morgan fingerprint density at radius 2 is 2.16 bits per heavy atom. The van der Waals surface area contributed by atoms with Crippen LogP contribution in [0.15, 0.2) is 0 Å².